The summed E-state index contributed by atoms with van der Waals surface area (Å²) in [5.74, 6) is 2.36. The topological polar surface area (TPSA) is 47.3 Å². The van der Waals surface area contributed by atoms with Crippen molar-refractivity contribution in [2.24, 2.45) is 11.7 Å². The molecule has 0 aromatic heterocycles. The lowest BCUT2D eigenvalue weighted by Gasteiger charge is -2.45. The van der Waals surface area contributed by atoms with E-state index in [4.69, 9.17) is 10.5 Å². The van der Waals surface area contributed by atoms with Crippen LogP contribution in [0.25, 0.3) is 0 Å². The highest BCUT2D eigenvalue weighted by Gasteiger charge is 2.44. The number of nitrogens with two attached hydrogens (primary N) is 1. The zero-order valence-electron chi connectivity index (χ0n) is 18.9. The van der Waals surface area contributed by atoms with Crippen molar-refractivity contribution in [2.75, 3.05) is 6.54 Å². The normalized spacial score (nSPS) is 24.2. The highest BCUT2D eigenvalue weighted by Crippen LogP contribution is 2.47. The molecule has 1 fully saturated rings. The Labute approximate surface area is 182 Å². The largest absolute Gasteiger partial charge is 0.490 e. The van der Waals surface area contributed by atoms with Crippen molar-refractivity contribution < 1.29 is 4.74 Å². The zero-order chi connectivity index (χ0) is 21.1. The minimum absolute atomic E-state index is 0.180. The number of rotatable bonds is 6. The summed E-state index contributed by atoms with van der Waals surface area (Å²) in [6.45, 7) is 7.45. The van der Waals surface area contributed by atoms with E-state index in [9.17, 15) is 0 Å². The van der Waals surface area contributed by atoms with Crippen LogP contribution in [-0.4, -0.2) is 12.6 Å². The summed E-state index contributed by atoms with van der Waals surface area (Å²) in [5, 5.41) is 3.68. The van der Waals surface area contributed by atoms with Crippen LogP contribution in [0, 0.1) is 5.92 Å². The number of hydrogen-bond acceptors (Lipinski definition) is 3. The molecule has 0 saturated heterocycles. The summed E-state index contributed by atoms with van der Waals surface area (Å²) in [4.78, 5) is 0. The van der Waals surface area contributed by atoms with E-state index in [1.807, 2.05) is 0 Å². The predicted molar refractivity (Wildman–Crippen MR) is 125 cm³/mol. The van der Waals surface area contributed by atoms with E-state index in [2.05, 4.69) is 74.6 Å². The van der Waals surface area contributed by atoms with Crippen molar-refractivity contribution >= 4 is 0 Å². The Morgan fingerprint density at radius 3 is 2.40 bits per heavy atom. The Morgan fingerprint density at radius 2 is 1.73 bits per heavy atom. The summed E-state index contributed by atoms with van der Waals surface area (Å²) in [6, 6.07) is 17.5. The Balaban J connectivity index is 1.72. The number of para-hydroxylation sites is 1. The molecular formula is C27H38N2O. The number of hydrogen-bond donors (Lipinski definition) is 2. The second-order valence-electron chi connectivity index (χ2n) is 9.56. The van der Waals surface area contributed by atoms with Crippen LogP contribution >= 0.6 is 0 Å². The summed E-state index contributed by atoms with van der Waals surface area (Å²) in [5.41, 5.74) is 10.4. The highest BCUT2D eigenvalue weighted by molar-refractivity contribution is 5.43. The summed E-state index contributed by atoms with van der Waals surface area (Å²) < 4.78 is 6.58. The average Bonchev–Trinajstić information content (AvgIpc) is 2.79. The maximum absolute atomic E-state index is 7.27. The number of likely N-dealkylation sites (N-methyl/N-ethyl adjacent to an activating group) is 1. The fourth-order valence-corrected chi connectivity index (χ4v) is 5.53. The van der Waals surface area contributed by atoms with E-state index in [1.54, 1.807) is 0 Å². The molecule has 1 heterocycles. The minimum Gasteiger partial charge on any atom is -0.490 e. The molecule has 4 rings (SSSR count). The van der Waals surface area contributed by atoms with Crippen molar-refractivity contribution in [3.05, 3.63) is 65.2 Å². The monoisotopic (exact) mass is 406 g/mol. The van der Waals surface area contributed by atoms with Gasteiger partial charge in [-0.1, -0.05) is 82.5 Å². The first kappa shape index (κ1) is 21.4. The molecule has 1 saturated carbocycles. The number of ether oxygens (including phenoxy) is 1. The molecule has 30 heavy (non-hydrogen) atoms. The number of fused-ring (bicyclic) bond motifs is 1. The van der Waals surface area contributed by atoms with Gasteiger partial charge < -0.3 is 10.5 Å². The summed E-state index contributed by atoms with van der Waals surface area (Å²) in [7, 11) is 0. The molecule has 2 aromatic rings. The Kier molecular flexibility index (Phi) is 6.50. The van der Waals surface area contributed by atoms with E-state index >= 15 is 0 Å². The third kappa shape index (κ3) is 4.15. The second-order valence-corrected chi connectivity index (χ2v) is 9.56. The molecule has 3 nitrogen and oxygen atoms in total. The van der Waals surface area contributed by atoms with Crippen LogP contribution in [0.5, 0.6) is 5.75 Å². The van der Waals surface area contributed by atoms with Gasteiger partial charge in [0.25, 0.3) is 0 Å². The number of benzene rings is 2. The van der Waals surface area contributed by atoms with E-state index in [1.165, 1.54) is 43.2 Å². The van der Waals surface area contributed by atoms with Gasteiger partial charge in [-0.3, -0.25) is 5.32 Å². The molecule has 0 radical (unpaired) electrons. The van der Waals surface area contributed by atoms with Crippen LogP contribution in [0.1, 0.15) is 87.8 Å². The highest BCUT2D eigenvalue weighted by atomic mass is 16.5. The Morgan fingerprint density at radius 1 is 1.03 bits per heavy atom. The molecule has 0 spiro atoms. The van der Waals surface area contributed by atoms with Gasteiger partial charge >= 0.3 is 0 Å². The first-order chi connectivity index (χ1) is 14.5. The molecule has 1 aliphatic carbocycles. The van der Waals surface area contributed by atoms with Gasteiger partial charge in [0, 0.05) is 11.5 Å². The van der Waals surface area contributed by atoms with E-state index in [0.717, 1.165) is 24.3 Å². The second kappa shape index (κ2) is 9.11. The predicted octanol–water partition coefficient (Wildman–Crippen LogP) is 6.05. The van der Waals surface area contributed by atoms with Crippen molar-refractivity contribution in [3.8, 4) is 5.75 Å². The van der Waals surface area contributed by atoms with Gasteiger partial charge in [0.15, 0.2) is 0 Å². The first-order valence-electron chi connectivity index (χ1n) is 11.9. The molecule has 2 aromatic carbocycles. The lowest BCUT2D eigenvalue weighted by molar-refractivity contribution is 0.0587. The lowest BCUT2D eigenvalue weighted by atomic mass is 9.72. The van der Waals surface area contributed by atoms with Crippen LogP contribution in [0.15, 0.2) is 48.5 Å². The maximum atomic E-state index is 7.27. The molecule has 0 amide bonds. The van der Waals surface area contributed by atoms with Gasteiger partial charge in [0.05, 0.1) is 5.66 Å². The van der Waals surface area contributed by atoms with Gasteiger partial charge in [-0.15, -0.1) is 0 Å². The molecule has 1 aliphatic heterocycles. The van der Waals surface area contributed by atoms with Gasteiger partial charge in [-0.2, -0.15) is 0 Å². The first-order valence-corrected chi connectivity index (χ1v) is 11.9. The molecule has 3 N–H and O–H groups in total. The smallest absolute Gasteiger partial charge is 0.123 e. The van der Waals surface area contributed by atoms with Gasteiger partial charge in [0.2, 0.25) is 0 Å². The van der Waals surface area contributed by atoms with Crippen LogP contribution in [0.2, 0.25) is 0 Å². The lowest BCUT2D eigenvalue weighted by Crippen LogP contribution is -2.57. The zero-order valence-corrected chi connectivity index (χ0v) is 18.9. The van der Waals surface area contributed by atoms with Gasteiger partial charge in [0.1, 0.15) is 11.9 Å². The van der Waals surface area contributed by atoms with Crippen LogP contribution in [0.4, 0.5) is 0 Å². The SMILES string of the molecule is CCNC(N)(c1ccc(C(C)C)cc1)C1CC(C2CCCCC2)Oc2ccccc21. The van der Waals surface area contributed by atoms with Gasteiger partial charge in [-0.25, -0.2) is 0 Å². The van der Waals surface area contributed by atoms with E-state index in [0.29, 0.717) is 11.8 Å². The molecule has 162 valence electrons. The van der Waals surface area contributed by atoms with Crippen molar-refractivity contribution in [2.45, 2.75) is 82.9 Å². The fraction of sp³-hybridized carbons (Fsp3) is 0.556. The summed E-state index contributed by atoms with van der Waals surface area (Å²) >= 11 is 0. The fourth-order valence-electron chi connectivity index (χ4n) is 5.53. The third-order valence-electron chi connectivity index (χ3n) is 7.29. The Bertz CT molecular complexity index is 825. The molecular weight excluding hydrogens is 368 g/mol. The van der Waals surface area contributed by atoms with Crippen molar-refractivity contribution in [1.29, 1.82) is 0 Å². The average molecular weight is 407 g/mol. The molecule has 3 unspecified atom stereocenters. The minimum atomic E-state index is -0.614. The molecule has 3 atom stereocenters. The van der Waals surface area contributed by atoms with Gasteiger partial charge in [-0.05, 0) is 54.8 Å². The molecule has 3 heteroatoms. The maximum Gasteiger partial charge on any atom is 0.123 e. The van der Waals surface area contributed by atoms with E-state index in [-0.39, 0.29) is 12.0 Å². The summed E-state index contributed by atoms with van der Waals surface area (Å²) in [6.07, 6.45) is 7.80. The number of nitrogens with one attached hydrogen (secondary N) is 1. The third-order valence-corrected chi connectivity index (χ3v) is 7.29. The standard InChI is InChI=1S/C27H38N2O/c1-4-29-27(28,22-16-14-20(15-17-22)19(2)3)24-18-26(21-10-6-5-7-11-21)30-25-13-9-8-12-23(24)25/h8-9,12-17,19,21,24,26,29H,4-7,10-11,18,28H2,1-3H3. The molecule has 0 bridgehead atoms. The quantitative estimate of drug-likeness (QED) is 0.574. The van der Waals surface area contributed by atoms with Crippen molar-refractivity contribution in [1.82, 2.24) is 5.32 Å². The van der Waals surface area contributed by atoms with E-state index < -0.39 is 5.66 Å². The van der Waals surface area contributed by atoms with Crippen LogP contribution < -0.4 is 15.8 Å². The van der Waals surface area contributed by atoms with Crippen LogP contribution in [-0.2, 0) is 5.66 Å². The van der Waals surface area contributed by atoms with Crippen LogP contribution in [0.3, 0.4) is 0 Å². The van der Waals surface area contributed by atoms with Crippen molar-refractivity contribution in [3.63, 3.8) is 0 Å². The Hall–Kier alpha value is -1.84. The molecule has 2 aliphatic rings.